The van der Waals surface area contributed by atoms with Crippen LogP contribution in [0.1, 0.15) is 16.5 Å². The number of nitrogens with zero attached hydrogens (tertiary/aromatic N) is 7. The normalized spacial score (nSPS) is 15.4. The predicted octanol–water partition coefficient (Wildman–Crippen LogP) is -1.80. The zero-order valence-electron chi connectivity index (χ0n) is 9.61. The van der Waals surface area contributed by atoms with E-state index in [-0.39, 0.29) is 17.7 Å². The third-order valence-electron chi connectivity index (χ3n) is 2.61. The quantitative estimate of drug-likeness (QED) is 0.659. The van der Waals surface area contributed by atoms with Crippen LogP contribution >= 0.6 is 0 Å². The Bertz CT molecular complexity index is 569. The van der Waals surface area contributed by atoms with Gasteiger partial charge in [0.1, 0.15) is 0 Å². The third-order valence-corrected chi connectivity index (χ3v) is 2.61. The highest BCUT2D eigenvalue weighted by atomic mass is 16.2. The standard InChI is InChI=1S/C8H11N9O/c1-16-13-8(12-14-16)10-7(18)6-4-17(15-11-6)5-2-9-3-5/h4-5,9H,2-3H2,1H3,(H,10,13,18). The van der Waals surface area contributed by atoms with Crippen molar-refractivity contribution < 1.29 is 4.79 Å². The van der Waals surface area contributed by atoms with Gasteiger partial charge in [-0.1, -0.05) is 10.3 Å². The van der Waals surface area contributed by atoms with E-state index in [0.29, 0.717) is 0 Å². The van der Waals surface area contributed by atoms with Gasteiger partial charge in [-0.15, -0.1) is 10.2 Å². The molecule has 18 heavy (non-hydrogen) atoms. The van der Waals surface area contributed by atoms with Crippen LogP contribution in [0.4, 0.5) is 5.95 Å². The molecule has 1 saturated heterocycles. The van der Waals surface area contributed by atoms with Crippen molar-refractivity contribution in [2.24, 2.45) is 7.05 Å². The van der Waals surface area contributed by atoms with E-state index >= 15 is 0 Å². The summed E-state index contributed by atoms with van der Waals surface area (Å²) >= 11 is 0. The molecule has 1 fully saturated rings. The molecule has 0 aliphatic carbocycles. The number of nitrogens with one attached hydrogen (secondary N) is 2. The minimum absolute atomic E-state index is 0.141. The molecule has 94 valence electrons. The van der Waals surface area contributed by atoms with Crippen LogP contribution in [-0.4, -0.2) is 54.2 Å². The molecule has 0 bridgehead atoms. The van der Waals surface area contributed by atoms with Gasteiger partial charge in [0, 0.05) is 13.1 Å². The second-order valence-electron chi connectivity index (χ2n) is 3.95. The summed E-state index contributed by atoms with van der Waals surface area (Å²) in [4.78, 5) is 13.1. The van der Waals surface area contributed by atoms with E-state index in [2.05, 4.69) is 36.4 Å². The SMILES string of the molecule is Cn1nnc(NC(=O)c2cn(C3CNC3)nn2)n1. The van der Waals surface area contributed by atoms with Crippen LogP contribution in [-0.2, 0) is 7.05 Å². The van der Waals surface area contributed by atoms with Gasteiger partial charge in [-0.05, 0) is 5.21 Å². The maximum absolute atomic E-state index is 11.8. The molecule has 1 aliphatic heterocycles. The summed E-state index contributed by atoms with van der Waals surface area (Å²) in [7, 11) is 1.61. The van der Waals surface area contributed by atoms with Gasteiger partial charge in [-0.2, -0.15) is 4.80 Å². The van der Waals surface area contributed by atoms with Crippen LogP contribution in [0, 0.1) is 0 Å². The summed E-state index contributed by atoms with van der Waals surface area (Å²) in [6, 6.07) is 0.272. The first-order valence-corrected chi connectivity index (χ1v) is 5.40. The topological polar surface area (TPSA) is 115 Å². The molecule has 3 heterocycles. The van der Waals surface area contributed by atoms with Gasteiger partial charge in [0.05, 0.1) is 19.3 Å². The number of rotatable bonds is 3. The first-order valence-electron chi connectivity index (χ1n) is 5.40. The van der Waals surface area contributed by atoms with Gasteiger partial charge < -0.3 is 5.32 Å². The minimum atomic E-state index is -0.401. The van der Waals surface area contributed by atoms with Gasteiger partial charge in [0.25, 0.3) is 11.9 Å². The van der Waals surface area contributed by atoms with E-state index in [1.54, 1.807) is 17.9 Å². The molecule has 0 atom stereocenters. The lowest BCUT2D eigenvalue weighted by Crippen LogP contribution is -2.43. The Kier molecular flexibility index (Phi) is 2.48. The number of amides is 1. The molecule has 0 aromatic carbocycles. The fourth-order valence-corrected chi connectivity index (χ4v) is 1.52. The fourth-order valence-electron chi connectivity index (χ4n) is 1.52. The average molecular weight is 249 g/mol. The van der Waals surface area contributed by atoms with Gasteiger partial charge in [0.2, 0.25) is 0 Å². The van der Waals surface area contributed by atoms with Gasteiger partial charge in [-0.25, -0.2) is 4.68 Å². The molecule has 10 heteroatoms. The lowest BCUT2D eigenvalue weighted by Gasteiger charge is -2.26. The highest BCUT2D eigenvalue weighted by Crippen LogP contribution is 2.10. The minimum Gasteiger partial charge on any atom is -0.312 e. The van der Waals surface area contributed by atoms with E-state index in [0.717, 1.165) is 13.1 Å². The lowest BCUT2D eigenvalue weighted by molar-refractivity contribution is 0.102. The number of tetrazole rings is 1. The third kappa shape index (κ3) is 1.93. The van der Waals surface area contributed by atoms with Crippen LogP contribution in [0.5, 0.6) is 0 Å². The molecule has 2 aromatic heterocycles. The van der Waals surface area contributed by atoms with Crippen LogP contribution in [0.3, 0.4) is 0 Å². The predicted molar refractivity (Wildman–Crippen MR) is 58.7 cm³/mol. The maximum atomic E-state index is 11.8. The number of carbonyl (C=O) groups is 1. The lowest BCUT2D eigenvalue weighted by atomic mass is 10.2. The van der Waals surface area contributed by atoms with Crippen molar-refractivity contribution in [3.63, 3.8) is 0 Å². The van der Waals surface area contributed by atoms with Gasteiger partial charge >= 0.3 is 0 Å². The van der Waals surface area contributed by atoms with E-state index in [4.69, 9.17) is 0 Å². The van der Waals surface area contributed by atoms with Gasteiger partial charge in [-0.3, -0.25) is 10.1 Å². The number of aromatic nitrogens is 7. The average Bonchev–Trinajstić information content (AvgIpc) is 2.86. The summed E-state index contributed by atoms with van der Waals surface area (Å²) in [5.41, 5.74) is 0.231. The second-order valence-corrected chi connectivity index (χ2v) is 3.95. The second kappa shape index (κ2) is 4.14. The highest BCUT2D eigenvalue weighted by molar-refractivity contribution is 6.01. The van der Waals surface area contributed by atoms with E-state index in [9.17, 15) is 4.79 Å². The molecule has 1 amide bonds. The molecular weight excluding hydrogens is 238 g/mol. The summed E-state index contributed by atoms with van der Waals surface area (Å²) in [6.07, 6.45) is 1.61. The molecule has 3 rings (SSSR count). The number of anilines is 1. The molecule has 0 spiro atoms. The molecule has 10 nitrogen and oxygen atoms in total. The zero-order valence-corrected chi connectivity index (χ0v) is 9.61. The Hall–Kier alpha value is -2.36. The van der Waals surface area contributed by atoms with Crippen molar-refractivity contribution in [3.05, 3.63) is 11.9 Å². The number of hydrogen-bond acceptors (Lipinski definition) is 7. The van der Waals surface area contributed by atoms with E-state index < -0.39 is 5.91 Å². The molecule has 0 radical (unpaired) electrons. The van der Waals surface area contributed by atoms with Crippen LogP contribution in [0.25, 0.3) is 0 Å². The monoisotopic (exact) mass is 249 g/mol. The summed E-state index contributed by atoms with van der Waals surface area (Å²) in [5, 5.41) is 24.4. The van der Waals surface area contributed by atoms with Gasteiger partial charge in [0.15, 0.2) is 5.69 Å². The van der Waals surface area contributed by atoms with Crippen molar-refractivity contribution >= 4 is 11.9 Å². The number of aryl methyl sites for hydroxylation is 1. The first kappa shape index (κ1) is 10.8. The van der Waals surface area contributed by atoms with Crippen molar-refractivity contribution in [2.75, 3.05) is 18.4 Å². The Balaban J connectivity index is 1.70. The Morgan fingerprint density at radius 3 is 2.89 bits per heavy atom. The molecule has 2 N–H and O–H groups in total. The maximum Gasteiger partial charge on any atom is 0.280 e. The summed E-state index contributed by atoms with van der Waals surface area (Å²) in [5.74, 6) is -0.260. The molecule has 0 unspecified atom stereocenters. The highest BCUT2D eigenvalue weighted by Gasteiger charge is 2.22. The Morgan fingerprint density at radius 1 is 1.44 bits per heavy atom. The zero-order chi connectivity index (χ0) is 12.5. The number of hydrogen-bond donors (Lipinski definition) is 2. The van der Waals surface area contributed by atoms with Crippen LogP contribution in [0.15, 0.2) is 6.20 Å². The molecule has 1 aliphatic rings. The van der Waals surface area contributed by atoms with Crippen LogP contribution in [0.2, 0.25) is 0 Å². The molecular formula is C8H11N9O. The van der Waals surface area contributed by atoms with E-state index in [1.165, 1.54) is 4.80 Å². The Morgan fingerprint density at radius 2 is 2.28 bits per heavy atom. The summed E-state index contributed by atoms with van der Waals surface area (Å²) < 4.78 is 1.68. The Labute approximate surface area is 101 Å². The molecule has 2 aromatic rings. The first-order chi connectivity index (χ1) is 8.72. The van der Waals surface area contributed by atoms with E-state index in [1.807, 2.05) is 0 Å². The van der Waals surface area contributed by atoms with Crippen molar-refractivity contribution in [1.82, 2.24) is 40.5 Å². The van der Waals surface area contributed by atoms with Crippen molar-refractivity contribution in [3.8, 4) is 0 Å². The molecule has 0 saturated carbocycles. The van der Waals surface area contributed by atoms with Crippen molar-refractivity contribution in [2.45, 2.75) is 6.04 Å². The largest absolute Gasteiger partial charge is 0.312 e. The van der Waals surface area contributed by atoms with Crippen molar-refractivity contribution in [1.29, 1.82) is 0 Å². The van der Waals surface area contributed by atoms with Crippen LogP contribution < -0.4 is 10.6 Å². The fraction of sp³-hybridized carbons (Fsp3) is 0.500. The summed E-state index contributed by atoms with van der Waals surface area (Å²) in [6.45, 7) is 1.69. The number of carbonyl (C=O) groups excluding carboxylic acids is 1. The smallest absolute Gasteiger partial charge is 0.280 e.